The molecule has 0 spiro atoms. The number of methoxy groups -OCH3 is 1. The zero-order chi connectivity index (χ0) is 30.2. The Kier molecular flexibility index (Phi) is 11.0. The Bertz CT molecular complexity index is 1470. The highest BCUT2D eigenvalue weighted by molar-refractivity contribution is 7.98. The van der Waals surface area contributed by atoms with Crippen molar-refractivity contribution in [3.8, 4) is 5.75 Å². The number of benzene rings is 2. The van der Waals surface area contributed by atoms with E-state index in [-0.39, 0.29) is 18.2 Å². The third kappa shape index (κ3) is 8.08. The van der Waals surface area contributed by atoms with Gasteiger partial charge in [0.05, 0.1) is 29.2 Å². The van der Waals surface area contributed by atoms with E-state index in [0.29, 0.717) is 53.8 Å². The number of nitrogens with zero attached hydrogens (tertiary/aromatic N) is 3. The van der Waals surface area contributed by atoms with Crippen molar-refractivity contribution >= 4 is 58.8 Å². The molecular formula is C30H32Cl2N4O5S. The molecule has 0 bridgehead atoms. The molecule has 2 N–H and O–H groups in total. The largest absolute Gasteiger partial charge is 0.497 e. The minimum Gasteiger partial charge on any atom is -0.497 e. The number of rotatable bonds is 11. The van der Waals surface area contributed by atoms with Crippen LogP contribution >= 0.6 is 35.0 Å². The lowest BCUT2D eigenvalue weighted by Crippen LogP contribution is -2.48. The number of likely N-dealkylation sites (tertiary alicyclic amines) is 1. The van der Waals surface area contributed by atoms with Gasteiger partial charge in [-0.1, -0.05) is 41.4 Å². The minimum atomic E-state index is -1.13. The van der Waals surface area contributed by atoms with E-state index in [9.17, 15) is 19.5 Å². The molecule has 1 aliphatic rings. The number of piperidine rings is 1. The predicted molar refractivity (Wildman–Crippen MR) is 164 cm³/mol. The number of carboxylic acid groups (broad SMARTS) is 1. The standard InChI is InChI=1S/C30H32Cl2N4O5S/c1-41-23-5-3-4-19(14-23)16-35-17-22(33-18-35)15-24(30(39)40)34-29(38)21-10-12-36(13-11-21)26(37)9-7-20-6-8-25(42-2)28(32)27(20)31/h3-9,14,17-18,21,24H,10-13,15-16H2,1-2H3,(H,34,38)(H,39,40). The fraction of sp³-hybridized carbons (Fsp3) is 0.333. The quantitative estimate of drug-likeness (QED) is 0.225. The van der Waals surface area contributed by atoms with Gasteiger partial charge in [-0.2, -0.15) is 0 Å². The number of hydrogen-bond acceptors (Lipinski definition) is 6. The Morgan fingerprint density at radius 3 is 2.64 bits per heavy atom. The molecule has 222 valence electrons. The molecule has 9 nitrogen and oxygen atoms in total. The second-order valence-electron chi connectivity index (χ2n) is 9.91. The summed E-state index contributed by atoms with van der Waals surface area (Å²) >= 11 is 14.1. The molecular weight excluding hydrogens is 599 g/mol. The number of nitrogens with one attached hydrogen (secondary N) is 1. The summed E-state index contributed by atoms with van der Waals surface area (Å²) in [7, 11) is 1.61. The maximum atomic E-state index is 13.0. The molecule has 4 rings (SSSR count). The Labute approximate surface area is 258 Å². The van der Waals surface area contributed by atoms with Gasteiger partial charge in [-0.3, -0.25) is 9.59 Å². The van der Waals surface area contributed by atoms with E-state index >= 15 is 0 Å². The molecule has 2 heterocycles. The molecule has 1 saturated heterocycles. The summed E-state index contributed by atoms with van der Waals surface area (Å²) in [5.74, 6) is -1.30. The number of imidazole rings is 1. The maximum Gasteiger partial charge on any atom is 0.326 e. The summed E-state index contributed by atoms with van der Waals surface area (Å²) in [6.07, 6.45) is 9.32. The van der Waals surface area contributed by atoms with Gasteiger partial charge in [-0.25, -0.2) is 9.78 Å². The number of carbonyl (C=O) groups is 3. The van der Waals surface area contributed by atoms with E-state index < -0.39 is 17.9 Å². The highest BCUT2D eigenvalue weighted by Crippen LogP contribution is 2.35. The van der Waals surface area contributed by atoms with Gasteiger partial charge in [0, 0.05) is 49.1 Å². The van der Waals surface area contributed by atoms with E-state index in [1.54, 1.807) is 30.6 Å². The predicted octanol–water partition coefficient (Wildman–Crippen LogP) is 5.03. The molecule has 0 radical (unpaired) electrons. The van der Waals surface area contributed by atoms with Crippen LogP contribution in [0.4, 0.5) is 0 Å². The Morgan fingerprint density at radius 1 is 1.19 bits per heavy atom. The number of carboxylic acids is 1. The van der Waals surface area contributed by atoms with Crippen LogP contribution in [0.25, 0.3) is 6.08 Å². The zero-order valence-corrected chi connectivity index (χ0v) is 25.6. The molecule has 2 amide bonds. The van der Waals surface area contributed by atoms with Crippen molar-refractivity contribution in [1.82, 2.24) is 19.8 Å². The normalized spacial score (nSPS) is 14.6. The minimum absolute atomic E-state index is 0.0544. The van der Waals surface area contributed by atoms with E-state index in [2.05, 4.69) is 10.3 Å². The van der Waals surface area contributed by atoms with Gasteiger partial charge < -0.3 is 24.6 Å². The second-order valence-corrected chi connectivity index (χ2v) is 11.5. The van der Waals surface area contributed by atoms with E-state index in [1.807, 2.05) is 47.2 Å². The SMILES string of the molecule is COc1cccc(Cn2cnc(CC(NC(=O)C3CCN(C(=O)C=Cc4ccc(SC)c(Cl)c4Cl)CC3)C(=O)O)c2)c1. The molecule has 1 atom stereocenters. The number of halogens is 2. The fourth-order valence-electron chi connectivity index (χ4n) is 4.74. The van der Waals surface area contributed by atoms with Crippen molar-refractivity contribution < 1.29 is 24.2 Å². The molecule has 1 aliphatic heterocycles. The van der Waals surface area contributed by atoms with Crippen LogP contribution in [0, 0.1) is 5.92 Å². The fourth-order valence-corrected chi connectivity index (χ4v) is 5.91. The third-order valence-corrected chi connectivity index (χ3v) is 8.88. The summed E-state index contributed by atoms with van der Waals surface area (Å²) in [5, 5.41) is 13.3. The average Bonchev–Trinajstić information content (AvgIpc) is 3.43. The van der Waals surface area contributed by atoms with Gasteiger partial charge in [-0.15, -0.1) is 11.8 Å². The van der Waals surface area contributed by atoms with Crippen LogP contribution in [0.2, 0.25) is 10.0 Å². The van der Waals surface area contributed by atoms with Crippen LogP contribution in [-0.2, 0) is 27.3 Å². The van der Waals surface area contributed by atoms with Crippen molar-refractivity contribution in [2.45, 2.75) is 36.7 Å². The van der Waals surface area contributed by atoms with E-state index in [4.69, 9.17) is 27.9 Å². The molecule has 3 aromatic rings. The lowest BCUT2D eigenvalue weighted by atomic mass is 9.95. The van der Waals surface area contributed by atoms with Crippen LogP contribution in [0.15, 0.2) is 59.9 Å². The Morgan fingerprint density at radius 2 is 1.95 bits per heavy atom. The van der Waals surface area contributed by atoms with Crippen LogP contribution in [0.3, 0.4) is 0 Å². The topological polar surface area (TPSA) is 114 Å². The highest BCUT2D eigenvalue weighted by Gasteiger charge is 2.30. The number of aromatic nitrogens is 2. The third-order valence-electron chi connectivity index (χ3n) is 7.09. The van der Waals surface area contributed by atoms with E-state index in [0.717, 1.165) is 16.2 Å². The van der Waals surface area contributed by atoms with Crippen molar-refractivity contribution in [3.63, 3.8) is 0 Å². The highest BCUT2D eigenvalue weighted by atomic mass is 35.5. The summed E-state index contributed by atoms with van der Waals surface area (Å²) in [6.45, 7) is 1.31. The molecule has 0 saturated carbocycles. The number of carbonyl (C=O) groups excluding carboxylic acids is 2. The molecule has 1 unspecified atom stereocenters. The number of amides is 2. The first-order chi connectivity index (χ1) is 20.2. The number of ether oxygens (including phenoxy) is 1. The van der Waals surface area contributed by atoms with Gasteiger partial charge in [-0.05, 0) is 54.5 Å². The first-order valence-electron chi connectivity index (χ1n) is 13.3. The van der Waals surface area contributed by atoms with Crippen molar-refractivity contribution in [2.24, 2.45) is 5.92 Å². The van der Waals surface area contributed by atoms with Crippen LogP contribution < -0.4 is 10.1 Å². The van der Waals surface area contributed by atoms with Gasteiger partial charge in [0.1, 0.15) is 11.8 Å². The van der Waals surface area contributed by atoms with Crippen LogP contribution in [-0.4, -0.2) is 69.8 Å². The smallest absolute Gasteiger partial charge is 0.326 e. The molecule has 1 fully saturated rings. The van der Waals surface area contributed by atoms with E-state index in [1.165, 1.54) is 17.8 Å². The van der Waals surface area contributed by atoms with Crippen LogP contribution in [0.5, 0.6) is 5.75 Å². The maximum absolute atomic E-state index is 13.0. The van der Waals surface area contributed by atoms with Gasteiger partial charge >= 0.3 is 5.97 Å². The van der Waals surface area contributed by atoms with Gasteiger partial charge in [0.15, 0.2) is 0 Å². The summed E-state index contributed by atoms with van der Waals surface area (Å²) in [5.41, 5.74) is 2.22. The van der Waals surface area contributed by atoms with Gasteiger partial charge in [0.25, 0.3) is 0 Å². The molecule has 2 aromatic carbocycles. The van der Waals surface area contributed by atoms with Crippen LogP contribution in [0.1, 0.15) is 29.7 Å². The van der Waals surface area contributed by atoms with Crippen molar-refractivity contribution in [2.75, 3.05) is 26.5 Å². The Hall–Kier alpha value is -3.47. The number of thioether (sulfide) groups is 1. The van der Waals surface area contributed by atoms with Crippen molar-refractivity contribution in [3.05, 3.63) is 81.9 Å². The average molecular weight is 632 g/mol. The zero-order valence-electron chi connectivity index (χ0n) is 23.3. The lowest BCUT2D eigenvalue weighted by molar-refractivity contribution is -0.142. The molecule has 42 heavy (non-hydrogen) atoms. The summed E-state index contributed by atoms with van der Waals surface area (Å²) in [6, 6.07) is 10.2. The molecule has 1 aromatic heterocycles. The monoisotopic (exact) mass is 630 g/mol. The molecule has 12 heteroatoms. The molecule has 0 aliphatic carbocycles. The first kappa shape index (κ1) is 31.5. The second kappa shape index (κ2) is 14.6. The number of aliphatic carboxylic acids is 1. The summed E-state index contributed by atoms with van der Waals surface area (Å²) < 4.78 is 7.12. The number of hydrogen-bond donors (Lipinski definition) is 2. The van der Waals surface area contributed by atoms with Gasteiger partial charge in [0.2, 0.25) is 11.8 Å². The van der Waals surface area contributed by atoms with Crippen molar-refractivity contribution in [1.29, 1.82) is 0 Å². The Balaban J connectivity index is 1.28. The summed E-state index contributed by atoms with van der Waals surface area (Å²) in [4.78, 5) is 44.5. The lowest BCUT2D eigenvalue weighted by Gasteiger charge is -2.31. The first-order valence-corrected chi connectivity index (χ1v) is 15.3.